The third-order valence-electron chi connectivity index (χ3n) is 15.8. The zero-order valence-corrected chi connectivity index (χ0v) is 44.7. The van der Waals surface area contributed by atoms with Crippen LogP contribution in [0.1, 0.15) is 11.1 Å². The Bertz CT molecular complexity index is 4600. The van der Waals surface area contributed by atoms with E-state index in [1.807, 2.05) is 0 Å². The number of rotatable bonds is 12. The quantitative estimate of drug-likeness (QED) is 0.122. The van der Waals surface area contributed by atoms with Crippen LogP contribution in [0.3, 0.4) is 0 Å². The van der Waals surface area contributed by atoms with Crippen LogP contribution in [-0.2, 0) is 0 Å². The number of benzene rings is 12. The SMILES string of the molecule is C(=CN(c1ccccc1)c1cc(-c2ccccc2)c2ccccc2c1)c1ccc2c(c1)c1ccccc1n2-c1ccc(-n2c3ccccc3c3cc(/C=C/N(c4ccccc4)c4cc(-c5ccccc5)c5ccccc5c4)ccc32)nn1. The maximum atomic E-state index is 5.01. The Kier molecular flexibility index (Phi) is 12.1. The van der Waals surface area contributed by atoms with Gasteiger partial charge in [0, 0.05) is 56.7 Å². The monoisotopic (exact) mass is 1050 g/mol. The molecule has 0 spiro atoms. The van der Waals surface area contributed by atoms with Crippen molar-refractivity contribution in [2.24, 2.45) is 0 Å². The van der Waals surface area contributed by atoms with Gasteiger partial charge in [0.25, 0.3) is 0 Å². The van der Waals surface area contributed by atoms with Crippen molar-refractivity contribution in [1.29, 1.82) is 0 Å². The second kappa shape index (κ2) is 20.6. The standard InChI is InChI=1S/C76H52N6/c1-5-21-55(22-6-1)67-51-61(49-57-25-13-15-31-63(57)67)79(59-27-9-3-10-28-59)45-43-53-37-39-73-69(47-53)65-33-17-19-35-71(65)81(73)75-41-42-76(78-77-75)82-72-36-20-18-34-66(72)70-48-54(38-40-74(70)82)44-46-80(60-29-11-4-12-30-60)62-50-58-26-14-16-32-64(58)68(52-62)56-23-7-2-8-24-56/h1-52H/b45-43+,46-44?. The molecule has 0 radical (unpaired) electrons. The second-order valence-electron chi connectivity index (χ2n) is 20.7. The Balaban J connectivity index is 0.768. The molecule has 0 saturated carbocycles. The molecule has 6 nitrogen and oxygen atoms in total. The van der Waals surface area contributed by atoms with Crippen LogP contribution in [0, 0.1) is 0 Å². The minimum Gasteiger partial charge on any atom is -0.317 e. The van der Waals surface area contributed by atoms with Gasteiger partial charge in [-0.25, -0.2) is 0 Å². The molecular formula is C76H52N6. The summed E-state index contributed by atoms with van der Waals surface area (Å²) in [5.41, 5.74) is 15.5. The van der Waals surface area contributed by atoms with Gasteiger partial charge in [0.15, 0.2) is 11.6 Å². The highest BCUT2D eigenvalue weighted by Crippen LogP contribution is 2.40. The molecule has 0 atom stereocenters. The van der Waals surface area contributed by atoms with Gasteiger partial charge in [0.2, 0.25) is 0 Å². The van der Waals surface area contributed by atoms with Gasteiger partial charge in [-0.2, -0.15) is 0 Å². The summed E-state index contributed by atoms with van der Waals surface area (Å²) in [6, 6.07) is 104. The molecule has 3 heterocycles. The maximum Gasteiger partial charge on any atom is 0.160 e. The topological polar surface area (TPSA) is 42.1 Å². The Morgan fingerprint density at radius 1 is 0.268 bits per heavy atom. The highest BCUT2D eigenvalue weighted by Gasteiger charge is 2.19. The van der Waals surface area contributed by atoms with E-state index in [0.717, 1.165) is 89.1 Å². The lowest BCUT2D eigenvalue weighted by Gasteiger charge is -2.23. The molecule has 0 unspecified atom stereocenters. The zero-order valence-electron chi connectivity index (χ0n) is 44.7. The number of anilines is 4. The summed E-state index contributed by atoms with van der Waals surface area (Å²) in [7, 11) is 0. The molecule has 386 valence electrons. The number of fused-ring (bicyclic) bond motifs is 8. The highest BCUT2D eigenvalue weighted by molar-refractivity contribution is 6.11. The zero-order chi connectivity index (χ0) is 54.3. The van der Waals surface area contributed by atoms with Crippen molar-refractivity contribution in [3.8, 4) is 33.9 Å². The van der Waals surface area contributed by atoms with Gasteiger partial charge in [-0.3, -0.25) is 9.13 Å². The molecule has 0 aliphatic carbocycles. The van der Waals surface area contributed by atoms with E-state index in [9.17, 15) is 0 Å². The van der Waals surface area contributed by atoms with Crippen LogP contribution in [0.25, 0.3) is 111 Å². The Hall–Kier alpha value is -11.1. The Labute approximate surface area is 475 Å². The summed E-state index contributed by atoms with van der Waals surface area (Å²) >= 11 is 0. The first-order chi connectivity index (χ1) is 40.7. The summed E-state index contributed by atoms with van der Waals surface area (Å²) in [5, 5.41) is 19.4. The van der Waals surface area contributed by atoms with Crippen molar-refractivity contribution in [3.63, 3.8) is 0 Å². The molecule has 0 fully saturated rings. The Morgan fingerprint density at radius 2 is 0.622 bits per heavy atom. The minimum atomic E-state index is 0.748. The van der Waals surface area contributed by atoms with Gasteiger partial charge >= 0.3 is 0 Å². The Morgan fingerprint density at radius 3 is 1.04 bits per heavy atom. The minimum absolute atomic E-state index is 0.748. The van der Waals surface area contributed by atoms with E-state index in [2.05, 4.69) is 335 Å². The lowest BCUT2D eigenvalue weighted by Crippen LogP contribution is -2.08. The molecule has 12 aromatic carbocycles. The van der Waals surface area contributed by atoms with E-state index < -0.39 is 0 Å². The molecule has 0 bridgehead atoms. The molecule has 0 N–H and O–H groups in total. The number of hydrogen-bond donors (Lipinski definition) is 0. The molecular weight excluding hydrogens is 997 g/mol. The molecule has 0 amide bonds. The molecule has 0 saturated heterocycles. The first kappa shape index (κ1) is 48.1. The van der Waals surface area contributed by atoms with E-state index >= 15 is 0 Å². The first-order valence-electron chi connectivity index (χ1n) is 27.8. The van der Waals surface area contributed by atoms with Gasteiger partial charge in [-0.1, -0.05) is 194 Å². The fourth-order valence-corrected chi connectivity index (χ4v) is 12.0. The van der Waals surface area contributed by atoms with Crippen LogP contribution in [-0.4, -0.2) is 19.3 Å². The van der Waals surface area contributed by atoms with E-state index in [0.29, 0.717) is 0 Å². The van der Waals surface area contributed by atoms with Crippen molar-refractivity contribution in [3.05, 3.63) is 315 Å². The molecule has 82 heavy (non-hydrogen) atoms. The predicted octanol–water partition coefficient (Wildman–Crippen LogP) is 19.9. The third-order valence-corrected chi connectivity index (χ3v) is 15.8. The van der Waals surface area contributed by atoms with Crippen molar-refractivity contribution < 1.29 is 0 Å². The number of para-hydroxylation sites is 4. The van der Waals surface area contributed by atoms with Crippen molar-refractivity contribution in [2.45, 2.75) is 0 Å². The van der Waals surface area contributed by atoms with E-state index in [4.69, 9.17) is 10.2 Å². The van der Waals surface area contributed by atoms with Crippen LogP contribution in [0.5, 0.6) is 0 Å². The molecule has 0 aliphatic rings. The van der Waals surface area contributed by atoms with Crippen molar-refractivity contribution in [2.75, 3.05) is 9.80 Å². The molecule has 15 rings (SSSR count). The largest absolute Gasteiger partial charge is 0.317 e. The molecule has 15 aromatic rings. The summed E-state index contributed by atoms with van der Waals surface area (Å²) in [6.07, 6.45) is 8.81. The predicted molar refractivity (Wildman–Crippen MR) is 345 cm³/mol. The summed E-state index contributed by atoms with van der Waals surface area (Å²) < 4.78 is 4.46. The smallest absolute Gasteiger partial charge is 0.160 e. The summed E-state index contributed by atoms with van der Waals surface area (Å²) in [6.45, 7) is 0. The number of hydrogen-bond acceptors (Lipinski definition) is 4. The van der Waals surface area contributed by atoms with Crippen LogP contribution < -0.4 is 9.80 Å². The molecule has 3 aromatic heterocycles. The number of aromatic nitrogens is 4. The normalized spacial score (nSPS) is 11.8. The third kappa shape index (κ3) is 8.72. The van der Waals surface area contributed by atoms with Crippen molar-refractivity contribution >= 4 is 100 Å². The second-order valence-corrected chi connectivity index (χ2v) is 20.7. The van der Waals surface area contributed by atoms with Gasteiger partial charge in [-0.05, 0) is 164 Å². The van der Waals surface area contributed by atoms with Crippen molar-refractivity contribution in [1.82, 2.24) is 19.3 Å². The van der Waals surface area contributed by atoms with Gasteiger partial charge < -0.3 is 9.80 Å². The van der Waals surface area contributed by atoms with Crippen LogP contribution >= 0.6 is 0 Å². The van der Waals surface area contributed by atoms with Crippen LogP contribution in [0.4, 0.5) is 22.7 Å². The van der Waals surface area contributed by atoms with E-state index in [1.165, 1.54) is 43.8 Å². The van der Waals surface area contributed by atoms with Gasteiger partial charge in [-0.15, -0.1) is 10.2 Å². The average molecular weight is 1050 g/mol. The first-order valence-corrected chi connectivity index (χ1v) is 27.8. The lowest BCUT2D eigenvalue weighted by molar-refractivity contribution is 0.909. The van der Waals surface area contributed by atoms with E-state index in [-0.39, 0.29) is 0 Å². The fraction of sp³-hybridized carbons (Fsp3) is 0. The van der Waals surface area contributed by atoms with Crippen LogP contribution in [0.15, 0.2) is 304 Å². The van der Waals surface area contributed by atoms with Gasteiger partial charge in [0.1, 0.15) is 0 Å². The highest BCUT2D eigenvalue weighted by atomic mass is 15.2. The summed E-state index contributed by atoms with van der Waals surface area (Å²) in [5.74, 6) is 1.50. The molecule has 0 aliphatic heterocycles. The van der Waals surface area contributed by atoms with E-state index in [1.54, 1.807) is 0 Å². The fourth-order valence-electron chi connectivity index (χ4n) is 12.0. The number of nitrogens with zero attached hydrogens (tertiary/aromatic N) is 6. The maximum absolute atomic E-state index is 5.01. The molecule has 6 heteroatoms. The lowest BCUT2D eigenvalue weighted by atomic mass is 9.97. The van der Waals surface area contributed by atoms with Gasteiger partial charge in [0.05, 0.1) is 22.1 Å². The summed E-state index contributed by atoms with van der Waals surface area (Å²) in [4.78, 5) is 4.57. The average Bonchev–Trinajstić information content (AvgIpc) is 4.29. The van der Waals surface area contributed by atoms with Crippen LogP contribution in [0.2, 0.25) is 0 Å².